The topological polar surface area (TPSA) is 26.3 Å². The van der Waals surface area contributed by atoms with E-state index in [1.54, 1.807) is 20.1 Å². The minimum absolute atomic E-state index is 0.0485. The molecule has 1 atom stereocenters. The van der Waals surface area contributed by atoms with Crippen LogP contribution in [0.3, 0.4) is 0 Å². The molecule has 0 radical (unpaired) electrons. The van der Waals surface area contributed by atoms with E-state index in [9.17, 15) is 4.79 Å². The zero-order valence-electron chi connectivity index (χ0n) is 9.92. The largest absolute Gasteiger partial charge is 0.496 e. The Morgan fingerprint density at radius 3 is 2.69 bits per heavy atom. The van der Waals surface area contributed by atoms with Gasteiger partial charge in [-0.3, -0.25) is 4.79 Å². The monoisotopic (exact) mass is 240 g/mol. The standard InChI is InChI=1S/C13H17ClO2/c1-4-10(9(2)15)7-11-8-12(14)5-6-13(11)16-3/h5-6,8,10H,4,7H2,1-3H3. The van der Waals surface area contributed by atoms with Crippen molar-refractivity contribution in [3.63, 3.8) is 0 Å². The van der Waals surface area contributed by atoms with E-state index in [0.717, 1.165) is 17.7 Å². The molecular weight excluding hydrogens is 224 g/mol. The molecule has 3 heteroatoms. The van der Waals surface area contributed by atoms with E-state index >= 15 is 0 Å². The maximum atomic E-state index is 11.4. The smallest absolute Gasteiger partial charge is 0.133 e. The predicted octanol–water partition coefficient (Wildman–Crippen LogP) is 3.51. The van der Waals surface area contributed by atoms with Gasteiger partial charge >= 0.3 is 0 Å². The molecule has 1 rings (SSSR count). The third kappa shape index (κ3) is 3.24. The van der Waals surface area contributed by atoms with Crippen LogP contribution < -0.4 is 4.74 Å². The first-order valence-electron chi connectivity index (χ1n) is 5.41. The molecule has 0 bridgehead atoms. The van der Waals surface area contributed by atoms with Crippen LogP contribution in [0.1, 0.15) is 25.8 Å². The van der Waals surface area contributed by atoms with Crippen LogP contribution in [0, 0.1) is 5.92 Å². The molecule has 1 aromatic carbocycles. The van der Waals surface area contributed by atoms with Crippen molar-refractivity contribution in [3.8, 4) is 5.75 Å². The molecule has 16 heavy (non-hydrogen) atoms. The average molecular weight is 241 g/mol. The molecule has 1 unspecified atom stereocenters. The van der Waals surface area contributed by atoms with E-state index in [2.05, 4.69) is 0 Å². The van der Waals surface area contributed by atoms with E-state index in [0.29, 0.717) is 11.4 Å². The van der Waals surface area contributed by atoms with Crippen LogP contribution in [-0.2, 0) is 11.2 Å². The van der Waals surface area contributed by atoms with Gasteiger partial charge in [0.15, 0.2) is 0 Å². The second-order valence-electron chi connectivity index (χ2n) is 3.88. The van der Waals surface area contributed by atoms with Gasteiger partial charge in [0.05, 0.1) is 7.11 Å². The SMILES string of the molecule is CCC(Cc1cc(Cl)ccc1OC)C(C)=O. The quantitative estimate of drug-likeness (QED) is 0.787. The minimum atomic E-state index is 0.0485. The van der Waals surface area contributed by atoms with Gasteiger partial charge < -0.3 is 4.74 Å². The van der Waals surface area contributed by atoms with Crippen LogP contribution in [0.2, 0.25) is 5.02 Å². The molecule has 0 heterocycles. The lowest BCUT2D eigenvalue weighted by molar-refractivity contribution is -0.120. The third-order valence-electron chi connectivity index (χ3n) is 2.78. The van der Waals surface area contributed by atoms with Gasteiger partial charge in [0.2, 0.25) is 0 Å². The number of benzene rings is 1. The summed E-state index contributed by atoms with van der Waals surface area (Å²) >= 11 is 5.94. The average Bonchev–Trinajstić information content (AvgIpc) is 2.25. The highest BCUT2D eigenvalue weighted by Gasteiger charge is 2.15. The summed E-state index contributed by atoms with van der Waals surface area (Å²) in [5.41, 5.74) is 0.997. The van der Waals surface area contributed by atoms with Crippen LogP contribution in [0.4, 0.5) is 0 Å². The normalized spacial score (nSPS) is 12.2. The van der Waals surface area contributed by atoms with Gasteiger partial charge in [0.1, 0.15) is 11.5 Å². The molecule has 2 nitrogen and oxygen atoms in total. The van der Waals surface area contributed by atoms with Gasteiger partial charge in [-0.2, -0.15) is 0 Å². The summed E-state index contributed by atoms with van der Waals surface area (Å²) in [6.07, 6.45) is 1.53. The van der Waals surface area contributed by atoms with Crippen LogP contribution >= 0.6 is 11.6 Å². The summed E-state index contributed by atoms with van der Waals surface area (Å²) in [6.45, 7) is 3.65. The first kappa shape index (κ1) is 13.0. The lowest BCUT2D eigenvalue weighted by Crippen LogP contribution is -2.13. The van der Waals surface area contributed by atoms with Crippen molar-refractivity contribution < 1.29 is 9.53 Å². The molecule has 0 aliphatic carbocycles. The molecule has 1 aromatic rings. The first-order chi connectivity index (χ1) is 7.58. The molecule has 0 aliphatic rings. The molecule has 0 aliphatic heterocycles. The number of rotatable bonds is 5. The first-order valence-corrected chi connectivity index (χ1v) is 5.79. The van der Waals surface area contributed by atoms with Crippen molar-refractivity contribution in [3.05, 3.63) is 28.8 Å². The van der Waals surface area contributed by atoms with Crippen LogP contribution in [0.5, 0.6) is 5.75 Å². The van der Waals surface area contributed by atoms with Crippen molar-refractivity contribution in [2.24, 2.45) is 5.92 Å². The van der Waals surface area contributed by atoms with Crippen molar-refractivity contribution in [2.45, 2.75) is 26.7 Å². The third-order valence-corrected chi connectivity index (χ3v) is 3.01. The molecule has 0 amide bonds. The van der Waals surface area contributed by atoms with Crippen molar-refractivity contribution in [2.75, 3.05) is 7.11 Å². The second kappa shape index (κ2) is 5.90. The minimum Gasteiger partial charge on any atom is -0.496 e. The van der Waals surface area contributed by atoms with Crippen LogP contribution in [0.25, 0.3) is 0 Å². The van der Waals surface area contributed by atoms with Gasteiger partial charge in [-0.1, -0.05) is 18.5 Å². The van der Waals surface area contributed by atoms with E-state index < -0.39 is 0 Å². The molecule has 0 spiro atoms. The molecular formula is C13H17ClO2. The molecule has 0 saturated carbocycles. The maximum Gasteiger partial charge on any atom is 0.133 e. The van der Waals surface area contributed by atoms with Gasteiger partial charge in [0, 0.05) is 10.9 Å². The van der Waals surface area contributed by atoms with Gasteiger partial charge in [-0.15, -0.1) is 0 Å². The predicted molar refractivity (Wildman–Crippen MR) is 66.2 cm³/mol. The van der Waals surface area contributed by atoms with Gasteiger partial charge in [-0.05, 0) is 43.5 Å². The summed E-state index contributed by atoms with van der Waals surface area (Å²) in [5.74, 6) is 1.06. The molecule has 0 N–H and O–H groups in total. The van der Waals surface area contributed by atoms with Gasteiger partial charge in [-0.25, -0.2) is 0 Å². The highest BCUT2D eigenvalue weighted by atomic mass is 35.5. The number of hydrogen-bond acceptors (Lipinski definition) is 2. The second-order valence-corrected chi connectivity index (χ2v) is 4.31. The number of carbonyl (C=O) groups excluding carboxylic acids is 1. The Labute approximate surface area is 102 Å². The fraction of sp³-hybridized carbons (Fsp3) is 0.462. The fourth-order valence-corrected chi connectivity index (χ4v) is 1.94. The molecule has 0 fully saturated rings. The Hall–Kier alpha value is -1.02. The highest BCUT2D eigenvalue weighted by molar-refractivity contribution is 6.30. The number of halogens is 1. The summed E-state index contributed by atoms with van der Waals surface area (Å²) in [7, 11) is 1.63. The number of methoxy groups -OCH3 is 1. The Morgan fingerprint density at radius 2 is 2.19 bits per heavy atom. The van der Waals surface area contributed by atoms with E-state index in [4.69, 9.17) is 16.3 Å². The van der Waals surface area contributed by atoms with E-state index in [1.165, 1.54) is 0 Å². The zero-order chi connectivity index (χ0) is 12.1. The summed E-state index contributed by atoms with van der Waals surface area (Å²) in [5, 5.41) is 0.675. The molecule has 0 aromatic heterocycles. The Balaban J connectivity index is 2.93. The van der Waals surface area contributed by atoms with Crippen molar-refractivity contribution in [1.82, 2.24) is 0 Å². The zero-order valence-corrected chi connectivity index (χ0v) is 10.7. The lowest BCUT2D eigenvalue weighted by Gasteiger charge is -2.14. The van der Waals surface area contributed by atoms with Crippen LogP contribution in [0.15, 0.2) is 18.2 Å². The Morgan fingerprint density at radius 1 is 1.50 bits per heavy atom. The summed E-state index contributed by atoms with van der Waals surface area (Å²) in [4.78, 5) is 11.4. The number of Topliss-reactive ketones (excluding diaryl/α,β-unsaturated/α-hetero) is 1. The summed E-state index contributed by atoms with van der Waals surface area (Å²) < 4.78 is 5.26. The fourth-order valence-electron chi connectivity index (χ4n) is 1.75. The summed E-state index contributed by atoms with van der Waals surface area (Å²) in [6, 6.07) is 5.50. The van der Waals surface area contributed by atoms with Crippen LogP contribution in [-0.4, -0.2) is 12.9 Å². The highest BCUT2D eigenvalue weighted by Crippen LogP contribution is 2.26. The van der Waals surface area contributed by atoms with Crippen molar-refractivity contribution >= 4 is 17.4 Å². The van der Waals surface area contributed by atoms with E-state index in [1.807, 2.05) is 19.1 Å². The Bertz CT molecular complexity index is 374. The van der Waals surface area contributed by atoms with E-state index in [-0.39, 0.29) is 11.7 Å². The number of ketones is 1. The number of carbonyl (C=O) groups is 1. The maximum absolute atomic E-state index is 11.4. The van der Waals surface area contributed by atoms with Gasteiger partial charge in [0.25, 0.3) is 0 Å². The van der Waals surface area contributed by atoms with Crippen molar-refractivity contribution in [1.29, 1.82) is 0 Å². The molecule has 0 saturated heterocycles. The Kier molecular flexibility index (Phi) is 4.81. The molecule has 88 valence electrons. The number of hydrogen-bond donors (Lipinski definition) is 0. The lowest BCUT2D eigenvalue weighted by atomic mass is 9.93. The number of ether oxygens (including phenoxy) is 1.